The molecule has 1 N–H and O–H groups in total. The fourth-order valence-corrected chi connectivity index (χ4v) is 2.60. The molecule has 7 heteroatoms. The van der Waals surface area contributed by atoms with Crippen LogP contribution in [0.3, 0.4) is 0 Å². The van der Waals surface area contributed by atoms with E-state index in [1.807, 2.05) is 56.3 Å². The molecule has 0 aliphatic rings. The van der Waals surface area contributed by atoms with Crippen molar-refractivity contribution in [3.63, 3.8) is 0 Å². The Labute approximate surface area is 150 Å². The smallest absolute Gasteiger partial charge is 0.244 e. The van der Waals surface area contributed by atoms with Gasteiger partial charge in [0, 0.05) is 10.6 Å². The van der Waals surface area contributed by atoms with Crippen molar-refractivity contribution in [3.05, 3.63) is 64.7 Å². The maximum absolute atomic E-state index is 12.2. The van der Waals surface area contributed by atoms with Gasteiger partial charge in [-0.25, -0.2) is 0 Å². The van der Waals surface area contributed by atoms with Crippen LogP contribution in [0.1, 0.15) is 24.1 Å². The molecule has 0 spiro atoms. The van der Waals surface area contributed by atoms with Gasteiger partial charge in [-0.1, -0.05) is 53.6 Å². The van der Waals surface area contributed by atoms with E-state index in [2.05, 4.69) is 20.7 Å². The number of carbonyl (C=O) groups excluding carboxylic acids is 1. The highest BCUT2D eigenvalue weighted by Gasteiger charge is 2.13. The van der Waals surface area contributed by atoms with Gasteiger partial charge < -0.3 is 5.32 Å². The number of tetrazole rings is 1. The number of rotatable bonds is 5. The number of nitrogens with one attached hydrogen (secondary N) is 1. The first-order valence-corrected chi connectivity index (χ1v) is 8.29. The summed E-state index contributed by atoms with van der Waals surface area (Å²) in [6.07, 6.45) is 0. The van der Waals surface area contributed by atoms with Crippen LogP contribution in [0.5, 0.6) is 0 Å². The average Bonchev–Trinajstić information content (AvgIpc) is 3.03. The van der Waals surface area contributed by atoms with Gasteiger partial charge in [0.1, 0.15) is 6.54 Å². The van der Waals surface area contributed by atoms with Crippen molar-refractivity contribution in [2.24, 2.45) is 0 Å². The van der Waals surface area contributed by atoms with Crippen LogP contribution in [0.25, 0.3) is 11.4 Å². The number of benzene rings is 2. The number of hydrogen-bond donors (Lipinski definition) is 1. The summed E-state index contributed by atoms with van der Waals surface area (Å²) in [7, 11) is 0. The molecule has 3 aromatic rings. The standard InChI is InChI=1S/C18H18ClN5O/c1-12-6-8-14(9-7-12)18-21-23-24(22-18)11-17(25)20-13(2)15-4-3-5-16(19)10-15/h3-10,13H,11H2,1-2H3,(H,20,25). The topological polar surface area (TPSA) is 72.7 Å². The van der Waals surface area contributed by atoms with E-state index < -0.39 is 0 Å². The first-order valence-electron chi connectivity index (χ1n) is 7.91. The Morgan fingerprint density at radius 2 is 2.00 bits per heavy atom. The van der Waals surface area contributed by atoms with Crippen molar-refractivity contribution in [2.45, 2.75) is 26.4 Å². The van der Waals surface area contributed by atoms with Crippen LogP contribution in [-0.2, 0) is 11.3 Å². The molecule has 1 aromatic heterocycles. The zero-order valence-corrected chi connectivity index (χ0v) is 14.7. The summed E-state index contributed by atoms with van der Waals surface area (Å²) in [6.45, 7) is 3.92. The summed E-state index contributed by atoms with van der Waals surface area (Å²) >= 11 is 5.98. The van der Waals surface area contributed by atoms with E-state index in [0.29, 0.717) is 10.8 Å². The monoisotopic (exact) mass is 355 g/mol. The van der Waals surface area contributed by atoms with Gasteiger partial charge in [0.25, 0.3) is 0 Å². The molecule has 0 radical (unpaired) electrons. The Morgan fingerprint density at radius 1 is 1.24 bits per heavy atom. The average molecular weight is 356 g/mol. The zero-order chi connectivity index (χ0) is 17.8. The van der Waals surface area contributed by atoms with E-state index in [1.165, 1.54) is 4.80 Å². The first-order chi connectivity index (χ1) is 12.0. The van der Waals surface area contributed by atoms with Crippen LogP contribution in [-0.4, -0.2) is 26.1 Å². The van der Waals surface area contributed by atoms with Crippen molar-refractivity contribution in [1.29, 1.82) is 0 Å². The van der Waals surface area contributed by atoms with Crippen molar-refractivity contribution in [3.8, 4) is 11.4 Å². The van der Waals surface area contributed by atoms with Gasteiger partial charge >= 0.3 is 0 Å². The van der Waals surface area contributed by atoms with Crippen molar-refractivity contribution in [2.75, 3.05) is 0 Å². The summed E-state index contributed by atoms with van der Waals surface area (Å²) in [4.78, 5) is 13.5. The number of aryl methyl sites for hydroxylation is 1. The molecule has 25 heavy (non-hydrogen) atoms. The SMILES string of the molecule is Cc1ccc(-c2nnn(CC(=O)NC(C)c3cccc(Cl)c3)n2)cc1. The fraction of sp³-hybridized carbons (Fsp3) is 0.222. The minimum Gasteiger partial charge on any atom is -0.348 e. The van der Waals surface area contributed by atoms with E-state index >= 15 is 0 Å². The minimum atomic E-state index is -0.194. The van der Waals surface area contributed by atoms with Crippen molar-refractivity contribution < 1.29 is 4.79 Å². The zero-order valence-electron chi connectivity index (χ0n) is 14.0. The second-order valence-corrected chi connectivity index (χ2v) is 6.29. The Kier molecular flexibility index (Phi) is 5.09. The molecule has 128 valence electrons. The maximum Gasteiger partial charge on any atom is 0.244 e. The number of nitrogens with zero attached hydrogens (tertiary/aromatic N) is 4. The molecule has 2 aromatic carbocycles. The van der Waals surface area contributed by atoms with Gasteiger partial charge in [0.2, 0.25) is 11.7 Å². The van der Waals surface area contributed by atoms with Crippen LogP contribution in [0.15, 0.2) is 48.5 Å². The number of carbonyl (C=O) groups is 1. The Hall–Kier alpha value is -2.73. The third-order valence-electron chi connectivity index (χ3n) is 3.77. The highest BCUT2D eigenvalue weighted by atomic mass is 35.5. The number of aromatic nitrogens is 4. The van der Waals surface area contributed by atoms with Gasteiger partial charge in [-0.15, -0.1) is 10.2 Å². The van der Waals surface area contributed by atoms with Crippen molar-refractivity contribution >= 4 is 17.5 Å². The molecule has 0 aliphatic carbocycles. The highest BCUT2D eigenvalue weighted by molar-refractivity contribution is 6.30. The predicted molar refractivity (Wildman–Crippen MR) is 96.0 cm³/mol. The third-order valence-corrected chi connectivity index (χ3v) is 4.01. The summed E-state index contributed by atoms with van der Waals surface area (Å²) < 4.78 is 0. The van der Waals surface area contributed by atoms with Gasteiger partial charge in [0.05, 0.1) is 6.04 Å². The molecule has 3 rings (SSSR count). The Bertz CT molecular complexity index is 875. The molecular weight excluding hydrogens is 338 g/mol. The van der Waals surface area contributed by atoms with E-state index in [9.17, 15) is 4.79 Å². The normalized spacial score (nSPS) is 12.0. The maximum atomic E-state index is 12.2. The largest absolute Gasteiger partial charge is 0.348 e. The van der Waals surface area contributed by atoms with E-state index in [-0.39, 0.29) is 18.5 Å². The lowest BCUT2D eigenvalue weighted by atomic mass is 10.1. The summed E-state index contributed by atoms with van der Waals surface area (Å²) in [5.74, 6) is 0.302. The molecule has 0 fully saturated rings. The van der Waals surface area contributed by atoms with Crippen LogP contribution < -0.4 is 5.32 Å². The van der Waals surface area contributed by atoms with E-state index in [4.69, 9.17) is 11.6 Å². The molecule has 1 atom stereocenters. The Morgan fingerprint density at radius 3 is 2.72 bits per heavy atom. The summed E-state index contributed by atoms with van der Waals surface area (Å²) in [5, 5.41) is 15.7. The molecule has 1 unspecified atom stereocenters. The second-order valence-electron chi connectivity index (χ2n) is 5.85. The lowest BCUT2D eigenvalue weighted by Crippen LogP contribution is -2.30. The van der Waals surface area contributed by atoms with Gasteiger partial charge in [-0.3, -0.25) is 4.79 Å². The molecule has 0 bridgehead atoms. The van der Waals surface area contributed by atoms with Gasteiger partial charge in [-0.05, 0) is 36.8 Å². The number of halogens is 1. The third kappa shape index (κ3) is 4.42. The molecule has 0 aliphatic heterocycles. The summed E-state index contributed by atoms with van der Waals surface area (Å²) in [5.41, 5.74) is 2.96. The van der Waals surface area contributed by atoms with E-state index in [1.54, 1.807) is 6.07 Å². The van der Waals surface area contributed by atoms with Gasteiger partial charge in [0.15, 0.2) is 0 Å². The number of amides is 1. The Balaban J connectivity index is 1.62. The van der Waals surface area contributed by atoms with Gasteiger partial charge in [-0.2, -0.15) is 4.80 Å². The molecule has 6 nitrogen and oxygen atoms in total. The molecule has 1 amide bonds. The second kappa shape index (κ2) is 7.44. The van der Waals surface area contributed by atoms with Crippen LogP contribution in [0, 0.1) is 6.92 Å². The lowest BCUT2D eigenvalue weighted by molar-refractivity contribution is -0.122. The molecule has 0 saturated heterocycles. The first kappa shape index (κ1) is 17.1. The molecular formula is C18H18ClN5O. The highest BCUT2D eigenvalue weighted by Crippen LogP contribution is 2.17. The minimum absolute atomic E-state index is 0.00374. The molecule has 0 saturated carbocycles. The lowest BCUT2D eigenvalue weighted by Gasteiger charge is -2.14. The number of hydrogen-bond acceptors (Lipinski definition) is 4. The van der Waals surface area contributed by atoms with Crippen LogP contribution in [0.4, 0.5) is 0 Å². The van der Waals surface area contributed by atoms with Crippen molar-refractivity contribution in [1.82, 2.24) is 25.5 Å². The quantitative estimate of drug-likeness (QED) is 0.763. The molecule has 1 heterocycles. The van der Waals surface area contributed by atoms with Crippen LogP contribution >= 0.6 is 11.6 Å². The predicted octanol–water partition coefficient (Wildman–Crippen LogP) is 3.18. The fourth-order valence-electron chi connectivity index (χ4n) is 2.40. The van der Waals surface area contributed by atoms with Crippen LogP contribution in [0.2, 0.25) is 5.02 Å². The summed E-state index contributed by atoms with van der Waals surface area (Å²) in [6, 6.07) is 15.1. The van der Waals surface area contributed by atoms with E-state index in [0.717, 1.165) is 16.7 Å².